The van der Waals surface area contributed by atoms with Crippen LogP contribution in [0.5, 0.6) is 11.5 Å². The summed E-state index contributed by atoms with van der Waals surface area (Å²) in [7, 11) is 1.50. The van der Waals surface area contributed by atoms with Crippen molar-refractivity contribution in [2.75, 3.05) is 13.7 Å². The van der Waals surface area contributed by atoms with Gasteiger partial charge in [-0.25, -0.2) is 4.39 Å². The quantitative estimate of drug-likeness (QED) is 0.313. The van der Waals surface area contributed by atoms with Crippen molar-refractivity contribution in [2.24, 2.45) is 0 Å². The molecule has 1 aliphatic heterocycles. The lowest BCUT2D eigenvalue weighted by Crippen LogP contribution is -2.28. The molecule has 148 valence electrons. The third-order valence-corrected chi connectivity index (χ3v) is 5.65. The second-order valence-corrected chi connectivity index (χ2v) is 8.08. The topological polar surface area (TPSA) is 55.8 Å². The van der Waals surface area contributed by atoms with E-state index in [0.717, 1.165) is 20.2 Å². The van der Waals surface area contributed by atoms with Crippen molar-refractivity contribution >= 4 is 51.6 Å². The zero-order chi connectivity index (χ0) is 21.0. The molecule has 3 rings (SSSR count). The molecule has 1 saturated heterocycles. The lowest BCUT2D eigenvalue weighted by atomic mass is 10.1. The Balaban J connectivity index is 1.84. The van der Waals surface area contributed by atoms with Crippen molar-refractivity contribution in [3.05, 3.63) is 61.8 Å². The Labute approximate surface area is 185 Å². The number of carbonyl (C=O) groups is 2. The lowest BCUT2D eigenvalue weighted by Gasteiger charge is -2.14. The zero-order valence-electron chi connectivity index (χ0n) is 15.3. The molecule has 0 unspecified atom stereocenters. The molecule has 0 aromatic heterocycles. The average molecular weight is 523 g/mol. The van der Waals surface area contributed by atoms with Crippen LogP contribution in [0, 0.1) is 21.7 Å². The van der Waals surface area contributed by atoms with Gasteiger partial charge in [0, 0.05) is 0 Å². The highest BCUT2D eigenvalue weighted by Gasteiger charge is 2.34. The smallest absolute Gasteiger partial charge is 0.294 e. The lowest BCUT2D eigenvalue weighted by molar-refractivity contribution is -0.122. The fraction of sp³-hybridized carbons (Fsp3) is 0.143. The molecule has 0 radical (unpaired) electrons. The standard InChI is InChI=1S/C21H15FINO4S/c1-3-7-24-20(25)18(29-21(24)26)11-14-9-16(23)19(17(10-14)27-2)28-12-13-5-4-6-15(22)8-13/h1,4-6,8-11H,7,12H2,2H3/b18-11+. The summed E-state index contributed by atoms with van der Waals surface area (Å²) in [5.41, 5.74) is 1.37. The molecule has 2 aromatic carbocycles. The van der Waals surface area contributed by atoms with Gasteiger partial charge < -0.3 is 9.47 Å². The van der Waals surface area contributed by atoms with E-state index >= 15 is 0 Å². The van der Waals surface area contributed by atoms with E-state index in [1.54, 1.807) is 30.3 Å². The van der Waals surface area contributed by atoms with Crippen molar-refractivity contribution in [1.82, 2.24) is 4.90 Å². The van der Waals surface area contributed by atoms with Crippen molar-refractivity contribution in [3.63, 3.8) is 0 Å². The van der Waals surface area contributed by atoms with Gasteiger partial charge in [0.1, 0.15) is 12.4 Å². The van der Waals surface area contributed by atoms with E-state index in [-0.39, 0.29) is 23.9 Å². The number of nitrogens with zero attached hydrogens (tertiary/aromatic N) is 1. The van der Waals surface area contributed by atoms with Gasteiger partial charge >= 0.3 is 0 Å². The van der Waals surface area contributed by atoms with E-state index < -0.39 is 11.1 Å². The Morgan fingerprint density at radius 1 is 1.31 bits per heavy atom. The first-order valence-corrected chi connectivity index (χ1v) is 10.3. The SMILES string of the molecule is C#CCN1C(=O)S/C(=C/c2cc(I)c(OCc3cccc(F)c3)c(OC)c2)C1=O. The number of hydrogen-bond acceptors (Lipinski definition) is 5. The van der Waals surface area contributed by atoms with Gasteiger partial charge in [0.2, 0.25) is 0 Å². The maximum atomic E-state index is 13.3. The van der Waals surface area contributed by atoms with Gasteiger partial charge in [-0.2, -0.15) is 0 Å². The van der Waals surface area contributed by atoms with Gasteiger partial charge in [0.05, 0.1) is 22.1 Å². The number of benzene rings is 2. The highest BCUT2D eigenvalue weighted by Crippen LogP contribution is 2.37. The van der Waals surface area contributed by atoms with Gasteiger partial charge in [0.25, 0.3) is 11.1 Å². The first kappa shape index (κ1) is 21.2. The molecule has 1 aliphatic rings. The number of carbonyl (C=O) groups excluding carboxylic acids is 2. The molecule has 1 heterocycles. The Hall–Kier alpha value is -2.51. The van der Waals surface area contributed by atoms with Crippen molar-refractivity contribution in [1.29, 1.82) is 0 Å². The summed E-state index contributed by atoms with van der Waals surface area (Å²) >= 11 is 2.94. The summed E-state index contributed by atoms with van der Waals surface area (Å²) in [6.45, 7) is 0.115. The van der Waals surface area contributed by atoms with E-state index in [4.69, 9.17) is 15.9 Å². The van der Waals surface area contributed by atoms with Crippen LogP contribution in [0.3, 0.4) is 0 Å². The maximum absolute atomic E-state index is 13.3. The van der Waals surface area contributed by atoms with Crippen LogP contribution >= 0.6 is 34.4 Å². The summed E-state index contributed by atoms with van der Waals surface area (Å²) in [6, 6.07) is 9.67. The molecule has 0 N–H and O–H groups in total. The van der Waals surface area contributed by atoms with Crippen molar-refractivity contribution < 1.29 is 23.5 Å². The number of terminal acetylenes is 1. The average Bonchev–Trinajstić information content (AvgIpc) is 2.94. The van der Waals surface area contributed by atoms with Crippen molar-refractivity contribution in [2.45, 2.75) is 6.61 Å². The molecule has 29 heavy (non-hydrogen) atoms. The molecule has 0 bridgehead atoms. The first-order valence-electron chi connectivity index (χ1n) is 8.36. The Bertz CT molecular complexity index is 1050. The summed E-state index contributed by atoms with van der Waals surface area (Å²) in [4.78, 5) is 25.6. The molecule has 0 atom stereocenters. The maximum Gasteiger partial charge on any atom is 0.294 e. The molecule has 2 aromatic rings. The summed E-state index contributed by atoms with van der Waals surface area (Å²) < 4.78 is 25.3. The van der Waals surface area contributed by atoms with Gasteiger partial charge in [-0.05, 0) is 75.8 Å². The number of rotatable bonds is 6. The first-order chi connectivity index (χ1) is 13.9. The molecule has 2 amide bonds. The normalized spacial score (nSPS) is 15.0. The minimum Gasteiger partial charge on any atom is -0.493 e. The fourth-order valence-corrected chi connectivity index (χ4v) is 4.24. The molecule has 5 nitrogen and oxygen atoms in total. The van der Waals surface area contributed by atoms with E-state index in [9.17, 15) is 14.0 Å². The van der Waals surface area contributed by atoms with Crippen LogP contribution in [0.1, 0.15) is 11.1 Å². The summed E-state index contributed by atoms with van der Waals surface area (Å²) in [6.07, 6.45) is 6.82. The second kappa shape index (κ2) is 9.33. The van der Waals surface area contributed by atoms with Crippen LogP contribution in [-0.2, 0) is 11.4 Å². The molecule has 0 aliphatic carbocycles. The second-order valence-electron chi connectivity index (χ2n) is 5.92. The van der Waals surface area contributed by atoms with Crippen LogP contribution in [0.25, 0.3) is 6.08 Å². The van der Waals surface area contributed by atoms with E-state index in [0.29, 0.717) is 22.6 Å². The van der Waals surface area contributed by atoms with Crippen molar-refractivity contribution in [3.8, 4) is 23.8 Å². The van der Waals surface area contributed by atoms with Crippen LogP contribution in [0.2, 0.25) is 0 Å². The molecular formula is C21H15FINO4S. The molecule has 1 fully saturated rings. The van der Waals surface area contributed by atoms with Crippen LogP contribution in [-0.4, -0.2) is 29.7 Å². The highest BCUT2D eigenvalue weighted by molar-refractivity contribution is 14.1. The Kier molecular flexibility index (Phi) is 6.82. The predicted molar refractivity (Wildman–Crippen MR) is 118 cm³/mol. The van der Waals surface area contributed by atoms with Crippen LogP contribution < -0.4 is 9.47 Å². The third-order valence-electron chi connectivity index (χ3n) is 3.94. The van der Waals surface area contributed by atoms with E-state index in [1.165, 1.54) is 19.2 Å². The number of imide groups is 1. The minimum absolute atomic E-state index is 0.0598. The Morgan fingerprint density at radius 2 is 2.10 bits per heavy atom. The van der Waals surface area contributed by atoms with Crippen LogP contribution in [0.15, 0.2) is 41.3 Å². The monoisotopic (exact) mass is 523 g/mol. The highest BCUT2D eigenvalue weighted by atomic mass is 127. The van der Waals surface area contributed by atoms with Gasteiger partial charge in [-0.1, -0.05) is 18.1 Å². The Morgan fingerprint density at radius 3 is 2.79 bits per heavy atom. The number of ether oxygens (including phenoxy) is 2. The van der Waals surface area contributed by atoms with E-state index in [2.05, 4.69) is 28.5 Å². The number of halogens is 2. The zero-order valence-corrected chi connectivity index (χ0v) is 18.3. The van der Waals surface area contributed by atoms with Gasteiger partial charge in [-0.15, -0.1) is 6.42 Å². The number of methoxy groups -OCH3 is 1. The van der Waals surface area contributed by atoms with Gasteiger partial charge in [0.15, 0.2) is 11.5 Å². The molecule has 0 saturated carbocycles. The molecule has 8 heteroatoms. The summed E-state index contributed by atoms with van der Waals surface area (Å²) in [5, 5.41) is -0.393. The number of thioether (sulfide) groups is 1. The number of amides is 2. The molecule has 0 spiro atoms. The number of hydrogen-bond donors (Lipinski definition) is 0. The largest absolute Gasteiger partial charge is 0.493 e. The predicted octanol–water partition coefficient (Wildman–Crippen LogP) is 4.69. The molecular weight excluding hydrogens is 508 g/mol. The van der Waals surface area contributed by atoms with Crippen LogP contribution in [0.4, 0.5) is 9.18 Å². The van der Waals surface area contributed by atoms with Gasteiger partial charge in [-0.3, -0.25) is 14.5 Å². The fourth-order valence-electron chi connectivity index (χ4n) is 2.62. The van der Waals surface area contributed by atoms with E-state index in [1.807, 2.05) is 0 Å². The summed E-state index contributed by atoms with van der Waals surface area (Å²) in [5.74, 6) is 2.52. The minimum atomic E-state index is -0.418. The third kappa shape index (κ3) is 4.92.